The molecular formula is C12H9N5O3. The van der Waals surface area contributed by atoms with E-state index in [-0.39, 0.29) is 23.0 Å². The van der Waals surface area contributed by atoms with Gasteiger partial charge in [-0.2, -0.15) is 10.4 Å². The van der Waals surface area contributed by atoms with Gasteiger partial charge in [-0.1, -0.05) is 0 Å². The van der Waals surface area contributed by atoms with E-state index in [2.05, 4.69) is 10.4 Å². The summed E-state index contributed by atoms with van der Waals surface area (Å²) < 4.78 is 1.34. The van der Waals surface area contributed by atoms with Gasteiger partial charge in [-0.05, 0) is 12.1 Å². The number of nitro benzene ring substituents is 1. The minimum Gasteiger partial charge on any atom is -0.310 e. The van der Waals surface area contributed by atoms with Gasteiger partial charge in [-0.15, -0.1) is 0 Å². The molecule has 0 aliphatic rings. The molecule has 0 saturated heterocycles. The Bertz CT molecular complexity index is 712. The van der Waals surface area contributed by atoms with Crippen LogP contribution >= 0.6 is 0 Å². The molecule has 0 radical (unpaired) electrons. The molecule has 100 valence electrons. The molecule has 8 heteroatoms. The van der Waals surface area contributed by atoms with E-state index in [9.17, 15) is 14.9 Å². The molecule has 0 aliphatic heterocycles. The van der Waals surface area contributed by atoms with Crippen molar-refractivity contribution in [3.63, 3.8) is 0 Å². The van der Waals surface area contributed by atoms with Gasteiger partial charge < -0.3 is 5.32 Å². The first-order chi connectivity index (χ1) is 9.52. The summed E-state index contributed by atoms with van der Waals surface area (Å²) in [5, 5.41) is 26.1. The number of hydrogen-bond donors (Lipinski definition) is 1. The van der Waals surface area contributed by atoms with Crippen LogP contribution in [-0.4, -0.2) is 20.6 Å². The number of rotatable bonds is 3. The highest BCUT2D eigenvalue weighted by atomic mass is 16.6. The lowest BCUT2D eigenvalue weighted by atomic mass is 10.3. The molecule has 8 nitrogen and oxygen atoms in total. The molecule has 0 atom stereocenters. The van der Waals surface area contributed by atoms with Crippen molar-refractivity contribution in [1.29, 1.82) is 5.26 Å². The fourth-order valence-electron chi connectivity index (χ4n) is 1.63. The van der Waals surface area contributed by atoms with Crippen LogP contribution in [0.1, 0.15) is 12.5 Å². The molecule has 0 saturated carbocycles. The number of nitro groups is 1. The highest BCUT2D eigenvalue weighted by Gasteiger charge is 2.14. The zero-order valence-corrected chi connectivity index (χ0v) is 10.4. The third-order valence-corrected chi connectivity index (χ3v) is 2.49. The van der Waals surface area contributed by atoms with E-state index in [0.717, 1.165) is 0 Å². The standard InChI is InChI=1S/C12H9N5O3/c1-8(18)15-12-9(6-13)7-14-16(12)10-2-4-11(5-3-10)17(19)20/h2-5,7H,1H3,(H,15,18). The van der Waals surface area contributed by atoms with Crippen LogP contribution in [0, 0.1) is 21.4 Å². The quantitative estimate of drug-likeness (QED) is 0.672. The van der Waals surface area contributed by atoms with Crippen molar-refractivity contribution < 1.29 is 9.72 Å². The molecule has 1 heterocycles. The number of non-ortho nitro benzene ring substituents is 1. The maximum absolute atomic E-state index is 11.2. The van der Waals surface area contributed by atoms with Crippen molar-refractivity contribution in [2.24, 2.45) is 0 Å². The largest absolute Gasteiger partial charge is 0.310 e. The summed E-state index contributed by atoms with van der Waals surface area (Å²) in [6.07, 6.45) is 1.31. The molecule has 0 unspecified atom stereocenters. The van der Waals surface area contributed by atoms with E-state index in [4.69, 9.17) is 5.26 Å². The molecule has 0 bridgehead atoms. The monoisotopic (exact) mass is 271 g/mol. The molecule has 1 aromatic heterocycles. The molecule has 1 N–H and O–H groups in total. The first kappa shape index (κ1) is 13.2. The van der Waals surface area contributed by atoms with Crippen molar-refractivity contribution in [3.05, 3.63) is 46.1 Å². The van der Waals surface area contributed by atoms with Gasteiger partial charge in [0.2, 0.25) is 5.91 Å². The van der Waals surface area contributed by atoms with Crippen molar-refractivity contribution in [3.8, 4) is 11.8 Å². The topological polar surface area (TPSA) is 114 Å². The maximum atomic E-state index is 11.2. The van der Waals surface area contributed by atoms with Gasteiger partial charge >= 0.3 is 0 Å². The molecule has 0 spiro atoms. The minimum absolute atomic E-state index is 0.0533. The second-order valence-electron chi connectivity index (χ2n) is 3.89. The summed E-state index contributed by atoms with van der Waals surface area (Å²) in [7, 11) is 0. The Morgan fingerprint density at radius 3 is 2.60 bits per heavy atom. The molecule has 2 rings (SSSR count). The van der Waals surface area contributed by atoms with E-state index in [1.165, 1.54) is 42.1 Å². The Morgan fingerprint density at radius 2 is 2.10 bits per heavy atom. The molecule has 20 heavy (non-hydrogen) atoms. The van der Waals surface area contributed by atoms with Crippen LogP contribution in [0.4, 0.5) is 11.5 Å². The van der Waals surface area contributed by atoms with E-state index in [1.54, 1.807) is 0 Å². The average molecular weight is 271 g/mol. The first-order valence-corrected chi connectivity index (χ1v) is 5.53. The van der Waals surface area contributed by atoms with Crippen LogP contribution in [0.15, 0.2) is 30.5 Å². The van der Waals surface area contributed by atoms with Crippen molar-refractivity contribution >= 4 is 17.4 Å². The number of carbonyl (C=O) groups is 1. The summed E-state index contributed by atoms with van der Waals surface area (Å²) in [6, 6.07) is 7.52. The average Bonchev–Trinajstić information content (AvgIpc) is 2.81. The Hall–Kier alpha value is -3.21. The van der Waals surface area contributed by atoms with Crippen molar-refractivity contribution in [2.75, 3.05) is 5.32 Å². The molecule has 0 fully saturated rings. The summed E-state index contributed by atoms with van der Waals surface area (Å²) in [5.74, 6) is -0.112. The summed E-state index contributed by atoms with van der Waals surface area (Å²) in [6.45, 7) is 1.31. The molecule has 0 aliphatic carbocycles. The van der Waals surface area contributed by atoms with Crippen LogP contribution < -0.4 is 5.32 Å². The fourth-order valence-corrected chi connectivity index (χ4v) is 1.63. The third-order valence-electron chi connectivity index (χ3n) is 2.49. The van der Waals surface area contributed by atoms with Gasteiger partial charge in [-0.25, -0.2) is 4.68 Å². The van der Waals surface area contributed by atoms with Gasteiger partial charge in [0.05, 0.1) is 16.8 Å². The number of aromatic nitrogens is 2. The molecule has 1 amide bonds. The Balaban J connectivity index is 2.47. The third kappa shape index (κ3) is 2.46. The zero-order valence-electron chi connectivity index (χ0n) is 10.4. The van der Waals surface area contributed by atoms with Gasteiger partial charge in [0.1, 0.15) is 11.6 Å². The van der Waals surface area contributed by atoms with Crippen molar-refractivity contribution in [2.45, 2.75) is 6.92 Å². The van der Waals surface area contributed by atoms with E-state index in [0.29, 0.717) is 5.69 Å². The number of hydrogen-bond acceptors (Lipinski definition) is 5. The smallest absolute Gasteiger partial charge is 0.269 e. The van der Waals surface area contributed by atoms with E-state index < -0.39 is 4.92 Å². The lowest BCUT2D eigenvalue weighted by Gasteiger charge is -2.07. The van der Waals surface area contributed by atoms with E-state index in [1.807, 2.05) is 6.07 Å². The lowest BCUT2D eigenvalue weighted by molar-refractivity contribution is -0.384. The highest BCUT2D eigenvalue weighted by molar-refractivity contribution is 5.89. The Kier molecular flexibility index (Phi) is 3.43. The predicted octanol–water partition coefficient (Wildman–Crippen LogP) is 1.61. The van der Waals surface area contributed by atoms with Gasteiger partial charge in [0, 0.05) is 19.1 Å². The fraction of sp³-hybridized carbons (Fsp3) is 0.0833. The van der Waals surface area contributed by atoms with Crippen LogP contribution in [0.2, 0.25) is 0 Å². The summed E-state index contributed by atoms with van der Waals surface area (Å²) in [4.78, 5) is 21.2. The predicted molar refractivity (Wildman–Crippen MR) is 69.2 cm³/mol. The van der Waals surface area contributed by atoms with Crippen LogP contribution in [0.25, 0.3) is 5.69 Å². The van der Waals surface area contributed by atoms with Gasteiger partial charge in [0.15, 0.2) is 5.82 Å². The van der Waals surface area contributed by atoms with Crippen LogP contribution in [0.5, 0.6) is 0 Å². The molecule has 1 aromatic carbocycles. The Morgan fingerprint density at radius 1 is 1.45 bits per heavy atom. The number of nitrogens with zero attached hydrogens (tertiary/aromatic N) is 4. The number of anilines is 1. The number of carbonyl (C=O) groups excluding carboxylic acids is 1. The highest BCUT2D eigenvalue weighted by Crippen LogP contribution is 2.21. The summed E-state index contributed by atoms with van der Waals surface area (Å²) in [5.41, 5.74) is 0.655. The lowest BCUT2D eigenvalue weighted by Crippen LogP contribution is -2.12. The second-order valence-corrected chi connectivity index (χ2v) is 3.89. The van der Waals surface area contributed by atoms with Crippen LogP contribution in [0.3, 0.4) is 0 Å². The number of nitrogens with one attached hydrogen (secondary N) is 1. The Labute approximate surface area is 113 Å². The minimum atomic E-state index is -0.512. The molecule has 2 aromatic rings. The first-order valence-electron chi connectivity index (χ1n) is 5.53. The number of amides is 1. The summed E-state index contributed by atoms with van der Waals surface area (Å²) >= 11 is 0. The normalized spacial score (nSPS) is 9.80. The maximum Gasteiger partial charge on any atom is 0.269 e. The van der Waals surface area contributed by atoms with Gasteiger partial charge in [0.25, 0.3) is 5.69 Å². The zero-order chi connectivity index (χ0) is 14.7. The SMILES string of the molecule is CC(=O)Nc1c(C#N)cnn1-c1ccc([N+](=O)[O-])cc1. The van der Waals surface area contributed by atoms with E-state index >= 15 is 0 Å². The van der Waals surface area contributed by atoms with Crippen molar-refractivity contribution in [1.82, 2.24) is 9.78 Å². The number of benzene rings is 1. The van der Waals surface area contributed by atoms with Gasteiger partial charge in [-0.3, -0.25) is 14.9 Å². The number of nitriles is 1. The second kappa shape index (κ2) is 5.19. The molecular weight excluding hydrogens is 262 g/mol. The van der Waals surface area contributed by atoms with Crippen LogP contribution in [-0.2, 0) is 4.79 Å².